The highest BCUT2D eigenvalue weighted by molar-refractivity contribution is 5.93. The van der Waals surface area contributed by atoms with E-state index in [4.69, 9.17) is 4.74 Å². The number of rotatable bonds is 10. The van der Waals surface area contributed by atoms with Crippen LogP contribution in [0.1, 0.15) is 50.5 Å². The van der Waals surface area contributed by atoms with Crippen molar-refractivity contribution in [2.24, 2.45) is 0 Å². The van der Waals surface area contributed by atoms with E-state index in [1.807, 2.05) is 19.9 Å². The Morgan fingerprint density at radius 3 is 2.86 bits per heavy atom. The third-order valence-electron chi connectivity index (χ3n) is 2.88. The minimum atomic E-state index is -0.125. The molecule has 0 bridgehead atoms. The normalized spacial score (nSPS) is 10.7. The second-order valence-electron chi connectivity index (χ2n) is 5.24. The van der Waals surface area contributed by atoms with Crippen molar-refractivity contribution in [1.82, 2.24) is 10.3 Å². The van der Waals surface area contributed by atoms with Crippen LogP contribution in [-0.4, -0.2) is 36.7 Å². The SMILES string of the molecule is CCCNc1ccnc(C(=O)NCCCCOC(C)C)c1. The molecule has 0 atom stereocenters. The van der Waals surface area contributed by atoms with Gasteiger partial charge in [0.1, 0.15) is 5.69 Å². The van der Waals surface area contributed by atoms with E-state index in [9.17, 15) is 4.79 Å². The van der Waals surface area contributed by atoms with Gasteiger partial charge in [0.15, 0.2) is 0 Å². The molecule has 118 valence electrons. The maximum atomic E-state index is 12.0. The number of hydrogen-bond donors (Lipinski definition) is 2. The monoisotopic (exact) mass is 293 g/mol. The second kappa shape index (κ2) is 10.2. The van der Waals surface area contributed by atoms with Gasteiger partial charge in [-0.1, -0.05) is 6.92 Å². The molecule has 0 aliphatic carbocycles. The van der Waals surface area contributed by atoms with Gasteiger partial charge in [-0.3, -0.25) is 9.78 Å². The Labute approximate surface area is 127 Å². The van der Waals surface area contributed by atoms with Crippen LogP contribution in [0.3, 0.4) is 0 Å². The molecule has 0 saturated heterocycles. The fourth-order valence-electron chi connectivity index (χ4n) is 1.77. The summed E-state index contributed by atoms with van der Waals surface area (Å²) in [6.07, 6.45) is 4.82. The number of carbonyl (C=O) groups excluding carboxylic acids is 1. The van der Waals surface area contributed by atoms with E-state index in [0.29, 0.717) is 12.2 Å². The van der Waals surface area contributed by atoms with Gasteiger partial charge in [-0.15, -0.1) is 0 Å². The molecule has 0 aliphatic heterocycles. The Balaban J connectivity index is 2.28. The van der Waals surface area contributed by atoms with Gasteiger partial charge in [0.2, 0.25) is 0 Å². The third kappa shape index (κ3) is 7.66. The summed E-state index contributed by atoms with van der Waals surface area (Å²) in [5.74, 6) is -0.125. The van der Waals surface area contributed by atoms with Crippen LogP contribution >= 0.6 is 0 Å². The van der Waals surface area contributed by atoms with Gasteiger partial charge in [0.05, 0.1) is 6.10 Å². The van der Waals surface area contributed by atoms with Crippen LogP contribution in [-0.2, 0) is 4.74 Å². The lowest BCUT2D eigenvalue weighted by atomic mass is 10.2. The van der Waals surface area contributed by atoms with Gasteiger partial charge in [0, 0.05) is 31.6 Å². The number of amides is 1. The lowest BCUT2D eigenvalue weighted by Gasteiger charge is -2.09. The molecule has 1 aromatic rings. The van der Waals surface area contributed by atoms with Crippen molar-refractivity contribution in [3.05, 3.63) is 24.0 Å². The predicted octanol–water partition coefficient (Wildman–Crippen LogP) is 2.84. The number of hydrogen-bond acceptors (Lipinski definition) is 4. The summed E-state index contributed by atoms with van der Waals surface area (Å²) in [4.78, 5) is 16.1. The third-order valence-corrected chi connectivity index (χ3v) is 2.88. The maximum Gasteiger partial charge on any atom is 0.269 e. The molecule has 0 aromatic carbocycles. The molecule has 0 saturated carbocycles. The van der Waals surface area contributed by atoms with Crippen LogP contribution in [0.5, 0.6) is 0 Å². The zero-order valence-electron chi connectivity index (χ0n) is 13.3. The van der Waals surface area contributed by atoms with Crippen LogP contribution < -0.4 is 10.6 Å². The van der Waals surface area contributed by atoms with Crippen molar-refractivity contribution >= 4 is 11.6 Å². The number of pyridine rings is 1. The van der Waals surface area contributed by atoms with Crippen molar-refractivity contribution in [2.75, 3.05) is 25.0 Å². The van der Waals surface area contributed by atoms with Crippen molar-refractivity contribution in [3.63, 3.8) is 0 Å². The zero-order chi connectivity index (χ0) is 15.5. The molecule has 0 aliphatic rings. The van der Waals surface area contributed by atoms with Crippen LogP contribution in [0, 0.1) is 0 Å². The molecule has 0 fully saturated rings. The van der Waals surface area contributed by atoms with E-state index < -0.39 is 0 Å². The molecular formula is C16H27N3O2. The Hall–Kier alpha value is -1.62. The highest BCUT2D eigenvalue weighted by Gasteiger charge is 2.07. The average molecular weight is 293 g/mol. The topological polar surface area (TPSA) is 63.2 Å². The van der Waals surface area contributed by atoms with Crippen LogP contribution in [0.25, 0.3) is 0 Å². The van der Waals surface area contributed by atoms with E-state index in [1.54, 1.807) is 12.3 Å². The maximum absolute atomic E-state index is 12.0. The quantitative estimate of drug-likeness (QED) is 0.651. The van der Waals surface area contributed by atoms with Crippen molar-refractivity contribution < 1.29 is 9.53 Å². The van der Waals surface area contributed by atoms with Crippen LogP contribution in [0.4, 0.5) is 5.69 Å². The first-order valence-corrected chi connectivity index (χ1v) is 7.73. The second-order valence-corrected chi connectivity index (χ2v) is 5.24. The molecule has 1 rings (SSSR count). The summed E-state index contributed by atoms with van der Waals surface area (Å²) >= 11 is 0. The highest BCUT2D eigenvalue weighted by atomic mass is 16.5. The molecule has 5 nitrogen and oxygen atoms in total. The molecule has 1 heterocycles. The number of anilines is 1. The average Bonchev–Trinajstić information content (AvgIpc) is 2.48. The molecular weight excluding hydrogens is 266 g/mol. The Morgan fingerprint density at radius 1 is 1.33 bits per heavy atom. The van der Waals surface area contributed by atoms with E-state index in [-0.39, 0.29) is 12.0 Å². The van der Waals surface area contributed by atoms with Gasteiger partial charge in [-0.2, -0.15) is 0 Å². The number of nitrogens with zero attached hydrogens (tertiary/aromatic N) is 1. The van der Waals surface area contributed by atoms with Gasteiger partial charge < -0.3 is 15.4 Å². The van der Waals surface area contributed by atoms with E-state index in [1.165, 1.54) is 0 Å². The van der Waals surface area contributed by atoms with E-state index in [0.717, 1.165) is 38.1 Å². The first kappa shape index (κ1) is 17.4. The first-order chi connectivity index (χ1) is 10.1. The summed E-state index contributed by atoms with van der Waals surface area (Å²) in [6, 6.07) is 3.66. The minimum Gasteiger partial charge on any atom is -0.385 e. The van der Waals surface area contributed by atoms with E-state index >= 15 is 0 Å². The number of nitrogens with one attached hydrogen (secondary N) is 2. The molecule has 1 aromatic heterocycles. The number of aromatic nitrogens is 1. The van der Waals surface area contributed by atoms with Gasteiger partial charge in [-0.25, -0.2) is 0 Å². The first-order valence-electron chi connectivity index (χ1n) is 7.73. The lowest BCUT2D eigenvalue weighted by molar-refractivity contribution is 0.0754. The van der Waals surface area contributed by atoms with E-state index in [2.05, 4.69) is 22.5 Å². The van der Waals surface area contributed by atoms with Crippen LogP contribution in [0.15, 0.2) is 18.3 Å². The number of unbranched alkanes of at least 4 members (excludes halogenated alkanes) is 1. The Bertz CT molecular complexity index is 422. The highest BCUT2D eigenvalue weighted by Crippen LogP contribution is 2.07. The van der Waals surface area contributed by atoms with Gasteiger partial charge in [0.25, 0.3) is 5.91 Å². The molecule has 0 spiro atoms. The summed E-state index contributed by atoms with van der Waals surface area (Å²) < 4.78 is 5.45. The molecule has 0 unspecified atom stereocenters. The summed E-state index contributed by atoms with van der Waals surface area (Å²) in [7, 11) is 0. The Kier molecular flexibility index (Phi) is 8.43. The van der Waals surface area contributed by atoms with Gasteiger partial charge in [-0.05, 0) is 45.2 Å². The minimum absolute atomic E-state index is 0.125. The summed E-state index contributed by atoms with van der Waals surface area (Å²) in [5.41, 5.74) is 1.39. The fraction of sp³-hybridized carbons (Fsp3) is 0.625. The smallest absolute Gasteiger partial charge is 0.269 e. The fourth-order valence-corrected chi connectivity index (χ4v) is 1.77. The van der Waals surface area contributed by atoms with Crippen molar-refractivity contribution in [1.29, 1.82) is 0 Å². The molecule has 2 N–H and O–H groups in total. The number of ether oxygens (including phenoxy) is 1. The zero-order valence-corrected chi connectivity index (χ0v) is 13.3. The summed E-state index contributed by atoms with van der Waals surface area (Å²) in [5, 5.41) is 6.13. The molecule has 5 heteroatoms. The molecule has 0 radical (unpaired) electrons. The predicted molar refractivity (Wildman–Crippen MR) is 85.7 cm³/mol. The largest absolute Gasteiger partial charge is 0.385 e. The molecule has 1 amide bonds. The van der Waals surface area contributed by atoms with Crippen molar-refractivity contribution in [3.8, 4) is 0 Å². The van der Waals surface area contributed by atoms with Crippen molar-refractivity contribution in [2.45, 2.75) is 46.1 Å². The lowest BCUT2D eigenvalue weighted by Crippen LogP contribution is -2.25. The van der Waals surface area contributed by atoms with Crippen LogP contribution in [0.2, 0.25) is 0 Å². The number of carbonyl (C=O) groups is 1. The van der Waals surface area contributed by atoms with Gasteiger partial charge >= 0.3 is 0 Å². The standard InChI is InChI=1S/C16H27N3O2/c1-4-8-17-14-7-10-18-15(12-14)16(20)19-9-5-6-11-21-13(2)3/h7,10,12-13H,4-6,8-9,11H2,1-3H3,(H,17,18)(H,19,20). The Morgan fingerprint density at radius 2 is 2.14 bits per heavy atom. The summed E-state index contributed by atoms with van der Waals surface area (Å²) in [6.45, 7) is 8.42. The molecule has 21 heavy (non-hydrogen) atoms.